The van der Waals surface area contributed by atoms with Crippen LogP contribution < -0.4 is 0 Å². The zero-order valence-electron chi connectivity index (χ0n) is 14.5. The van der Waals surface area contributed by atoms with Gasteiger partial charge < -0.3 is 14.9 Å². The Morgan fingerprint density at radius 3 is 2.80 bits per heavy atom. The Kier molecular flexibility index (Phi) is 5.24. The van der Waals surface area contributed by atoms with Crippen LogP contribution in [0.25, 0.3) is 0 Å². The van der Waals surface area contributed by atoms with Crippen molar-refractivity contribution >= 4 is 28.9 Å². The van der Waals surface area contributed by atoms with Gasteiger partial charge in [-0.05, 0) is 43.2 Å². The number of hydrogen-bond donors (Lipinski definition) is 1. The summed E-state index contributed by atoms with van der Waals surface area (Å²) in [6.45, 7) is 3.63. The molecule has 2 amide bonds. The molecular weight excluding hydrogens is 340 g/mol. The Labute approximate surface area is 151 Å². The summed E-state index contributed by atoms with van der Waals surface area (Å²) in [5, 5.41) is 11.0. The molecule has 25 heavy (non-hydrogen) atoms. The van der Waals surface area contributed by atoms with E-state index >= 15 is 0 Å². The van der Waals surface area contributed by atoms with Gasteiger partial charge in [0, 0.05) is 26.2 Å². The van der Waals surface area contributed by atoms with Gasteiger partial charge in [-0.2, -0.15) is 0 Å². The highest BCUT2D eigenvalue weighted by Crippen LogP contribution is 2.40. The molecule has 0 radical (unpaired) electrons. The highest BCUT2D eigenvalue weighted by molar-refractivity contribution is 7.12. The average molecular weight is 364 g/mol. The molecule has 136 valence electrons. The van der Waals surface area contributed by atoms with E-state index < -0.39 is 5.41 Å². The first-order valence-electron chi connectivity index (χ1n) is 8.71. The number of aliphatic hydroxyl groups is 1. The van der Waals surface area contributed by atoms with Gasteiger partial charge in [0.05, 0.1) is 23.3 Å². The van der Waals surface area contributed by atoms with E-state index in [1.54, 1.807) is 15.9 Å². The maximum absolute atomic E-state index is 12.8. The van der Waals surface area contributed by atoms with Crippen molar-refractivity contribution in [3.8, 4) is 0 Å². The number of Topliss-reactive ketones (excluding diaryl/α,β-unsaturated/α-hetero) is 1. The number of thiophene rings is 1. The second-order valence-corrected chi connectivity index (χ2v) is 7.93. The average Bonchev–Trinajstić information content (AvgIpc) is 3.20. The Morgan fingerprint density at radius 2 is 2.12 bits per heavy atom. The molecule has 7 heteroatoms. The van der Waals surface area contributed by atoms with Gasteiger partial charge in [0.15, 0.2) is 5.78 Å². The van der Waals surface area contributed by atoms with Crippen molar-refractivity contribution < 1.29 is 19.5 Å². The van der Waals surface area contributed by atoms with Gasteiger partial charge in [0.25, 0.3) is 0 Å². The van der Waals surface area contributed by atoms with Crippen LogP contribution in [0.4, 0.5) is 0 Å². The van der Waals surface area contributed by atoms with E-state index in [1.165, 1.54) is 18.3 Å². The Hall–Kier alpha value is -1.73. The minimum atomic E-state index is -0.470. The number of carbonyl (C=O) groups excluding carboxylic acids is 3. The van der Waals surface area contributed by atoms with Crippen LogP contribution in [0.5, 0.6) is 0 Å². The van der Waals surface area contributed by atoms with E-state index in [0.717, 1.165) is 18.4 Å². The minimum Gasteiger partial charge on any atom is -0.395 e. The molecule has 6 nitrogen and oxygen atoms in total. The predicted octanol–water partition coefficient (Wildman–Crippen LogP) is 1.33. The summed E-state index contributed by atoms with van der Waals surface area (Å²) in [6.07, 6.45) is 2.70. The number of β-amino-alcohol motifs (C(OH)–C–C–N with tert-alkyl or cyclic N) is 1. The van der Waals surface area contributed by atoms with Gasteiger partial charge in [0.1, 0.15) is 0 Å². The Bertz CT molecular complexity index is 684. The molecule has 0 aliphatic carbocycles. The molecule has 1 aromatic heterocycles. The molecule has 2 fully saturated rings. The summed E-state index contributed by atoms with van der Waals surface area (Å²) < 4.78 is 0. The molecule has 0 aromatic carbocycles. The van der Waals surface area contributed by atoms with Gasteiger partial charge in [-0.25, -0.2) is 0 Å². The van der Waals surface area contributed by atoms with Crippen LogP contribution in [-0.4, -0.2) is 65.3 Å². The highest BCUT2D eigenvalue weighted by atomic mass is 32.1. The summed E-state index contributed by atoms with van der Waals surface area (Å²) in [5.74, 6) is 0.106. The lowest BCUT2D eigenvalue weighted by Gasteiger charge is -2.39. The molecule has 2 saturated heterocycles. The zero-order chi connectivity index (χ0) is 18.0. The molecule has 1 atom stereocenters. The molecule has 1 aromatic rings. The van der Waals surface area contributed by atoms with Gasteiger partial charge in [-0.15, -0.1) is 11.3 Å². The molecule has 0 bridgehead atoms. The molecule has 1 spiro atoms. The Balaban J connectivity index is 1.64. The number of rotatable bonds is 5. The number of amides is 2. The molecule has 1 unspecified atom stereocenters. The van der Waals surface area contributed by atoms with Crippen molar-refractivity contribution in [3.05, 3.63) is 21.9 Å². The topological polar surface area (TPSA) is 77.9 Å². The number of aliphatic hydroxyl groups excluding tert-OH is 1. The van der Waals surface area contributed by atoms with Crippen LogP contribution in [0.1, 0.15) is 41.4 Å². The molecule has 0 saturated carbocycles. The number of nitrogens with zero attached hydrogens (tertiary/aromatic N) is 2. The maximum atomic E-state index is 12.8. The molecular formula is C18H24N2O4S. The lowest BCUT2D eigenvalue weighted by atomic mass is 9.78. The number of carbonyl (C=O) groups is 3. The largest absolute Gasteiger partial charge is 0.395 e. The van der Waals surface area contributed by atoms with Crippen molar-refractivity contribution in [2.24, 2.45) is 5.41 Å². The second-order valence-electron chi connectivity index (χ2n) is 7.02. The van der Waals surface area contributed by atoms with E-state index in [9.17, 15) is 14.4 Å². The standard InChI is InChI=1S/C18H24N2O4S/c1-13(22)15-9-14(11-25-15)10-16(23)20-6-4-18(12-20)3-2-5-19(7-8-21)17(18)24/h9,11,21H,2-8,10,12H2,1H3. The van der Waals surface area contributed by atoms with Crippen LogP contribution in [0.3, 0.4) is 0 Å². The monoisotopic (exact) mass is 364 g/mol. The molecule has 3 rings (SSSR count). The van der Waals surface area contributed by atoms with Crippen LogP contribution in [-0.2, 0) is 16.0 Å². The van der Waals surface area contributed by atoms with Gasteiger partial charge in [-0.1, -0.05) is 0 Å². The molecule has 2 aliphatic heterocycles. The zero-order valence-corrected chi connectivity index (χ0v) is 15.3. The third-order valence-corrected chi connectivity index (χ3v) is 6.34. The summed E-state index contributed by atoms with van der Waals surface area (Å²) in [6, 6.07) is 1.78. The first kappa shape index (κ1) is 18.1. The van der Waals surface area contributed by atoms with Crippen LogP contribution in [0.2, 0.25) is 0 Å². The summed E-state index contributed by atoms with van der Waals surface area (Å²) in [4.78, 5) is 41.0. The normalized spacial score (nSPS) is 23.5. The third kappa shape index (κ3) is 3.62. The van der Waals surface area contributed by atoms with Crippen molar-refractivity contribution in [2.75, 3.05) is 32.8 Å². The number of piperidine rings is 1. The lowest BCUT2D eigenvalue weighted by molar-refractivity contribution is -0.146. The SMILES string of the molecule is CC(=O)c1cc(CC(=O)N2CCC3(CCCN(CCO)C3=O)C2)cs1. The van der Waals surface area contributed by atoms with E-state index in [-0.39, 0.29) is 30.6 Å². The summed E-state index contributed by atoms with van der Waals surface area (Å²) >= 11 is 1.37. The summed E-state index contributed by atoms with van der Waals surface area (Å²) in [7, 11) is 0. The van der Waals surface area contributed by atoms with Gasteiger partial charge >= 0.3 is 0 Å². The number of ketones is 1. The van der Waals surface area contributed by atoms with Crippen molar-refractivity contribution in [1.29, 1.82) is 0 Å². The highest BCUT2D eigenvalue weighted by Gasteiger charge is 2.49. The van der Waals surface area contributed by atoms with Crippen molar-refractivity contribution in [2.45, 2.75) is 32.6 Å². The van der Waals surface area contributed by atoms with Gasteiger partial charge in [0.2, 0.25) is 11.8 Å². The van der Waals surface area contributed by atoms with Crippen molar-refractivity contribution in [1.82, 2.24) is 9.80 Å². The first-order chi connectivity index (χ1) is 11.9. The van der Waals surface area contributed by atoms with E-state index in [1.807, 2.05) is 5.38 Å². The smallest absolute Gasteiger partial charge is 0.230 e. The third-order valence-electron chi connectivity index (χ3n) is 5.26. The number of hydrogen-bond acceptors (Lipinski definition) is 5. The summed E-state index contributed by atoms with van der Waals surface area (Å²) in [5.41, 5.74) is 0.389. The van der Waals surface area contributed by atoms with E-state index in [0.29, 0.717) is 37.5 Å². The van der Waals surface area contributed by atoms with Crippen LogP contribution in [0, 0.1) is 5.41 Å². The second kappa shape index (κ2) is 7.25. The molecule has 3 heterocycles. The predicted molar refractivity (Wildman–Crippen MR) is 94.6 cm³/mol. The maximum Gasteiger partial charge on any atom is 0.230 e. The fourth-order valence-electron chi connectivity index (χ4n) is 3.89. The molecule has 1 N–H and O–H groups in total. The first-order valence-corrected chi connectivity index (χ1v) is 9.59. The fourth-order valence-corrected chi connectivity index (χ4v) is 4.70. The van der Waals surface area contributed by atoms with Gasteiger partial charge in [-0.3, -0.25) is 14.4 Å². The Morgan fingerprint density at radius 1 is 1.32 bits per heavy atom. The number of likely N-dealkylation sites (tertiary alicyclic amines) is 2. The van der Waals surface area contributed by atoms with Crippen LogP contribution in [0.15, 0.2) is 11.4 Å². The minimum absolute atomic E-state index is 0.0110. The quantitative estimate of drug-likeness (QED) is 0.800. The van der Waals surface area contributed by atoms with E-state index in [2.05, 4.69) is 0 Å². The lowest BCUT2D eigenvalue weighted by Crippen LogP contribution is -2.51. The molecule has 2 aliphatic rings. The van der Waals surface area contributed by atoms with Crippen LogP contribution >= 0.6 is 11.3 Å². The fraction of sp³-hybridized carbons (Fsp3) is 0.611. The van der Waals surface area contributed by atoms with Crippen molar-refractivity contribution in [3.63, 3.8) is 0 Å². The van der Waals surface area contributed by atoms with E-state index in [4.69, 9.17) is 5.11 Å².